The van der Waals surface area contributed by atoms with Gasteiger partial charge in [0.15, 0.2) is 11.5 Å². The van der Waals surface area contributed by atoms with Gasteiger partial charge in [0.2, 0.25) is 11.7 Å². The van der Waals surface area contributed by atoms with Gasteiger partial charge in [-0.15, -0.1) is 12.4 Å². The minimum atomic E-state index is -0.460. The maximum Gasteiger partial charge on any atom is 0.237 e. The predicted octanol–water partition coefficient (Wildman–Crippen LogP) is 3.71. The first-order valence-corrected chi connectivity index (χ1v) is 8.61. The number of halogens is 1. The number of rotatable bonds is 4. The largest absolute Gasteiger partial charge is 0.486 e. The van der Waals surface area contributed by atoms with E-state index in [2.05, 4.69) is 10.1 Å². The molecule has 0 fully saturated rings. The lowest BCUT2D eigenvalue weighted by Crippen LogP contribution is -2.21. The summed E-state index contributed by atoms with van der Waals surface area (Å²) in [6.07, 6.45) is 0. The quantitative estimate of drug-likeness (QED) is 0.734. The summed E-state index contributed by atoms with van der Waals surface area (Å²) >= 11 is 0. The van der Waals surface area contributed by atoms with E-state index >= 15 is 0 Å². The van der Waals surface area contributed by atoms with Crippen molar-refractivity contribution in [3.8, 4) is 22.9 Å². The van der Waals surface area contributed by atoms with Gasteiger partial charge in [0.1, 0.15) is 13.2 Å². The van der Waals surface area contributed by atoms with Gasteiger partial charge in [0, 0.05) is 12.1 Å². The van der Waals surface area contributed by atoms with Gasteiger partial charge in [-0.05, 0) is 37.1 Å². The van der Waals surface area contributed by atoms with Crippen molar-refractivity contribution in [3.63, 3.8) is 0 Å². The molecule has 0 saturated heterocycles. The number of hydrogen-bond donors (Lipinski definition) is 1. The summed E-state index contributed by atoms with van der Waals surface area (Å²) in [6.45, 7) is 5.74. The lowest BCUT2D eigenvalue weighted by atomic mass is 9.84. The normalized spacial score (nSPS) is 13.1. The number of nitrogens with zero attached hydrogens (tertiary/aromatic N) is 2. The highest BCUT2D eigenvalue weighted by Crippen LogP contribution is 2.38. The molecule has 6 nitrogen and oxygen atoms in total. The molecule has 0 radical (unpaired) electrons. The number of nitrogens with two attached hydrogens (primary N) is 1. The van der Waals surface area contributed by atoms with Crippen molar-refractivity contribution in [2.75, 3.05) is 13.2 Å². The van der Waals surface area contributed by atoms with E-state index in [-0.39, 0.29) is 12.4 Å². The zero-order valence-corrected chi connectivity index (χ0v) is 16.1. The molecule has 1 aliphatic heterocycles. The predicted molar refractivity (Wildman–Crippen MR) is 104 cm³/mol. The van der Waals surface area contributed by atoms with Crippen molar-refractivity contribution in [1.29, 1.82) is 0 Å². The molecule has 0 bridgehead atoms. The summed E-state index contributed by atoms with van der Waals surface area (Å²) in [7, 11) is 0. The van der Waals surface area contributed by atoms with E-state index in [0.29, 0.717) is 31.5 Å². The molecule has 27 heavy (non-hydrogen) atoms. The van der Waals surface area contributed by atoms with Crippen LogP contribution in [-0.2, 0) is 12.0 Å². The molecular formula is C20H22ClN3O3. The molecule has 0 saturated carbocycles. The fourth-order valence-corrected chi connectivity index (χ4v) is 2.94. The Kier molecular flexibility index (Phi) is 5.39. The highest BCUT2D eigenvalue weighted by atomic mass is 35.5. The molecule has 0 spiro atoms. The molecule has 2 N–H and O–H groups in total. The summed E-state index contributed by atoms with van der Waals surface area (Å²) in [5.41, 5.74) is 8.17. The Labute approximate surface area is 164 Å². The van der Waals surface area contributed by atoms with Crippen LogP contribution < -0.4 is 15.2 Å². The Morgan fingerprint density at radius 3 is 2.41 bits per heavy atom. The highest BCUT2D eigenvalue weighted by Gasteiger charge is 2.31. The molecular weight excluding hydrogens is 366 g/mol. The summed E-state index contributed by atoms with van der Waals surface area (Å²) in [5, 5.41) is 4.15. The van der Waals surface area contributed by atoms with Crippen LogP contribution in [0.3, 0.4) is 0 Å². The number of ether oxygens (including phenoxy) is 2. The third kappa shape index (κ3) is 3.63. The first-order chi connectivity index (χ1) is 12.6. The first kappa shape index (κ1) is 19.2. The average Bonchev–Trinajstić information content (AvgIpc) is 3.19. The van der Waals surface area contributed by atoms with Gasteiger partial charge in [-0.1, -0.05) is 35.5 Å². The fourth-order valence-electron chi connectivity index (χ4n) is 2.94. The van der Waals surface area contributed by atoms with Crippen molar-refractivity contribution in [2.45, 2.75) is 25.8 Å². The first-order valence-electron chi connectivity index (χ1n) is 8.61. The maximum atomic E-state index is 5.69. The summed E-state index contributed by atoms with van der Waals surface area (Å²) < 4.78 is 16.9. The van der Waals surface area contributed by atoms with Crippen LogP contribution in [0.25, 0.3) is 11.4 Å². The van der Waals surface area contributed by atoms with Crippen LogP contribution in [-0.4, -0.2) is 23.4 Å². The summed E-state index contributed by atoms with van der Waals surface area (Å²) in [5.74, 6) is 2.63. The van der Waals surface area contributed by atoms with Gasteiger partial charge in [0.05, 0.1) is 5.41 Å². The zero-order chi connectivity index (χ0) is 18.1. The number of fused-ring (bicyclic) bond motifs is 1. The number of hydrogen-bond acceptors (Lipinski definition) is 6. The highest BCUT2D eigenvalue weighted by molar-refractivity contribution is 5.85. The second kappa shape index (κ2) is 7.58. The Balaban J connectivity index is 0.00000210. The Bertz CT molecular complexity index is 922. The summed E-state index contributed by atoms with van der Waals surface area (Å²) in [4.78, 5) is 4.62. The molecule has 3 aromatic rings. The molecule has 1 aliphatic rings. The van der Waals surface area contributed by atoms with E-state index in [9.17, 15) is 0 Å². The third-order valence-electron chi connectivity index (χ3n) is 4.67. The molecule has 0 unspecified atom stereocenters. The second-order valence-corrected chi connectivity index (χ2v) is 6.81. The monoisotopic (exact) mass is 387 g/mol. The Morgan fingerprint density at radius 2 is 1.70 bits per heavy atom. The molecule has 0 atom stereocenters. The van der Waals surface area contributed by atoms with Crippen LogP contribution in [0, 0.1) is 0 Å². The van der Waals surface area contributed by atoms with E-state index in [4.69, 9.17) is 19.7 Å². The number of aromatic nitrogens is 2. The minimum absolute atomic E-state index is 0. The van der Waals surface area contributed by atoms with Crippen LogP contribution in [0.2, 0.25) is 0 Å². The molecule has 0 aliphatic carbocycles. The molecule has 0 amide bonds. The molecule has 7 heteroatoms. The topological polar surface area (TPSA) is 83.4 Å². The van der Waals surface area contributed by atoms with Crippen LogP contribution in [0.15, 0.2) is 47.0 Å². The molecule has 1 aromatic heterocycles. The minimum Gasteiger partial charge on any atom is -0.486 e. The molecule has 4 rings (SSSR count). The van der Waals surface area contributed by atoms with Crippen molar-refractivity contribution >= 4 is 12.4 Å². The van der Waals surface area contributed by atoms with Crippen LogP contribution in [0.1, 0.15) is 30.9 Å². The number of benzene rings is 2. The van der Waals surface area contributed by atoms with Crippen molar-refractivity contribution in [3.05, 3.63) is 59.5 Å². The smallest absolute Gasteiger partial charge is 0.237 e. The van der Waals surface area contributed by atoms with Crippen LogP contribution in [0.4, 0.5) is 0 Å². The third-order valence-corrected chi connectivity index (χ3v) is 4.67. The van der Waals surface area contributed by atoms with Gasteiger partial charge < -0.3 is 19.7 Å². The lowest BCUT2D eigenvalue weighted by molar-refractivity contribution is 0.171. The summed E-state index contributed by atoms with van der Waals surface area (Å²) in [6, 6.07) is 13.8. The van der Waals surface area contributed by atoms with E-state index in [1.54, 1.807) is 0 Å². The van der Waals surface area contributed by atoms with Crippen molar-refractivity contribution < 1.29 is 14.0 Å². The van der Waals surface area contributed by atoms with Crippen LogP contribution >= 0.6 is 12.4 Å². The van der Waals surface area contributed by atoms with E-state index in [1.165, 1.54) is 0 Å². The Morgan fingerprint density at radius 1 is 1.00 bits per heavy atom. The van der Waals surface area contributed by atoms with Gasteiger partial charge in [-0.3, -0.25) is 0 Å². The lowest BCUT2D eigenvalue weighted by Gasteiger charge is -2.24. The van der Waals surface area contributed by atoms with Crippen molar-refractivity contribution in [2.24, 2.45) is 5.73 Å². The van der Waals surface area contributed by atoms with Crippen molar-refractivity contribution in [1.82, 2.24) is 10.1 Å². The van der Waals surface area contributed by atoms with E-state index in [1.807, 2.05) is 56.3 Å². The van der Waals surface area contributed by atoms with Gasteiger partial charge in [-0.2, -0.15) is 4.98 Å². The maximum absolute atomic E-state index is 5.69. The second-order valence-electron chi connectivity index (χ2n) is 6.81. The SMILES string of the molecule is CC(C)(c1ccc2c(c1)OCCO2)c1nc(-c2ccc(CN)cc2)no1.Cl. The molecule has 2 heterocycles. The Hall–Kier alpha value is -2.57. The van der Waals surface area contributed by atoms with Gasteiger partial charge in [-0.25, -0.2) is 0 Å². The average molecular weight is 388 g/mol. The van der Waals surface area contributed by atoms with E-state index < -0.39 is 5.41 Å². The molecule has 2 aromatic carbocycles. The van der Waals surface area contributed by atoms with Gasteiger partial charge >= 0.3 is 0 Å². The fraction of sp³-hybridized carbons (Fsp3) is 0.300. The zero-order valence-electron chi connectivity index (χ0n) is 15.3. The molecule has 142 valence electrons. The van der Waals surface area contributed by atoms with Crippen LogP contribution in [0.5, 0.6) is 11.5 Å². The standard InChI is InChI=1S/C20H21N3O3.ClH/c1-20(2,15-7-8-16-17(11-15)25-10-9-24-16)19-22-18(23-26-19)14-5-3-13(12-21)4-6-14;/h3-8,11H,9-10,12,21H2,1-2H3;1H. The van der Waals surface area contributed by atoms with E-state index in [0.717, 1.165) is 28.2 Å². The van der Waals surface area contributed by atoms with Gasteiger partial charge in [0.25, 0.3) is 0 Å².